The molecule has 1 saturated heterocycles. The number of rotatable bonds is 3. The van der Waals surface area contributed by atoms with Gasteiger partial charge in [0.25, 0.3) is 0 Å². The molecule has 2 atom stereocenters. The van der Waals surface area contributed by atoms with Crippen LogP contribution in [0.2, 0.25) is 0 Å². The molecule has 0 radical (unpaired) electrons. The van der Waals surface area contributed by atoms with Crippen molar-refractivity contribution in [3.8, 4) is 5.75 Å². The Morgan fingerprint density at radius 1 is 1.35 bits per heavy atom. The van der Waals surface area contributed by atoms with Gasteiger partial charge in [0.15, 0.2) is 0 Å². The second-order valence-electron chi connectivity index (χ2n) is 5.21. The van der Waals surface area contributed by atoms with Crippen LogP contribution < -0.4 is 10.1 Å². The third-order valence-corrected chi connectivity index (χ3v) is 3.58. The molecule has 1 aliphatic rings. The predicted molar refractivity (Wildman–Crippen MR) is 68.5 cm³/mol. The Hall–Kier alpha value is -1.27. The summed E-state index contributed by atoms with van der Waals surface area (Å²) in [5.41, 5.74) is 0.806. The zero-order chi connectivity index (χ0) is 14.8. The molecule has 0 aliphatic carbocycles. The summed E-state index contributed by atoms with van der Waals surface area (Å²) in [7, 11) is 0. The summed E-state index contributed by atoms with van der Waals surface area (Å²) < 4.78 is 45.8. The Kier molecular flexibility index (Phi) is 4.25. The molecular formula is C14H18F3NO2. The van der Waals surface area contributed by atoms with Gasteiger partial charge in [-0.15, -0.1) is 13.2 Å². The van der Waals surface area contributed by atoms with Crippen LogP contribution in [0.5, 0.6) is 5.75 Å². The van der Waals surface area contributed by atoms with E-state index in [9.17, 15) is 13.2 Å². The van der Waals surface area contributed by atoms with Gasteiger partial charge in [0.2, 0.25) is 0 Å². The molecule has 112 valence electrons. The molecule has 1 heterocycles. The minimum atomic E-state index is -4.66. The number of hydrogen-bond acceptors (Lipinski definition) is 3. The highest BCUT2D eigenvalue weighted by Gasteiger charge is 2.32. The Morgan fingerprint density at radius 2 is 2.00 bits per heavy atom. The van der Waals surface area contributed by atoms with Gasteiger partial charge in [0.05, 0.1) is 12.7 Å². The molecule has 0 saturated carbocycles. The number of benzene rings is 1. The lowest BCUT2D eigenvalue weighted by Gasteiger charge is -2.38. The van der Waals surface area contributed by atoms with Crippen molar-refractivity contribution in [3.63, 3.8) is 0 Å². The molecule has 0 amide bonds. The van der Waals surface area contributed by atoms with Crippen molar-refractivity contribution in [1.29, 1.82) is 0 Å². The highest BCUT2D eigenvalue weighted by atomic mass is 19.4. The van der Waals surface area contributed by atoms with Crippen LogP contribution in [0, 0.1) is 0 Å². The van der Waals surface area contributed by atoms with Crippen LogP contribution in [0.3, 0.4) is 0 Å². The molecule has 0 aromatic heterocycles. The Morgan fingerprint density at radius 3 is 2.45 bits per heavy atom. The van der Waals surface area contributed by atoms with Gasteiger partial charge in [-0.1, -0.05) is 19.1 Å². The van der Waals surface area contributed by atoms with Gasteiger partial charge >= 0.3 is 6.36 Å². The molecule has 2 rings (SSSR count). The molecule has 1 aromatic carbocycles. The molecule has 1 N–H and O–H groups in total. The lowest BCUT2D eigenvalue weighted by Crippen LogP contribution is -2.52. The maximum atomic E-state index is 12.1. The predicted octanol–water partition coefficient (Wildman–Crippen LogP) is 3.41. The average molecular weight is 289 g/mol. The van der Waals surface area contributed by atoms with Crippen molar-refractivity contribution in [3.05, 3.63) is 29.8 Å². The first-order valence-electron chi connectivity index (χ1n) is 6.54. The maximum absolute atomic E-state index is 12.1. The molecular weight excluding hydrogens is 271 g/mol. The number of halogens is 3. The van der Waals surface area contributed by atoms with Gasteiger partial charge in [-0.2, -0.15) is 0 Å². The monoisotopic (exact) mass is 289 g/mol. The molecule has 1 aliphatic heterocycles. The van der Waals surface area contributed by atoms with Crippen molar-refractivity contribution in [2.24, 2.45) is 0 Å². The summed E-state index contributed by atoms with van der Waals surface area (Å²) >= 11 is 0. The Bertz CT molecular complexity index is 437. The molecule has 6 heteroatoms. The third-order valence-electron chi connectivity index (χ3n) is 3.58. The summed E-state index contributed by atoms with van der Waals surface area (Å²) in [6, 6.07) is 5.81. The van der Waals surface area contributed by atoms with E-state index in [0.717, 1.165) is 12.0 Å². The maximum Gasteiger partial charge on any atom is 0.573 e. The zero-order valence-corrected chi connectivity index (χ0v) is 11.5. The number of morpholine rings is 1. The van der Waals surface area contributed by atoms with E-state index in [0.29, 0.717) is 13.2 Å². The number of alkyl halides is 3. The van der Waals surface area contributed by atoms with Gasteiger partial charge in [-0.3, -0.25) is 0 Å². The zero-order valence-electron chi connectivity index (χ0n) is 11.5. The molecule has 1 fully saturated rings. The Labute approximate surface area is 116 Å². The van der Waals surface area contributed by atoms with E-state index in [4.69, 9.17) is 4.74 Å². The second kappa shape index (κ2) is 5.61. The van der Waals surface area contributed by atoms with Gasteiger partial charge in [-0.25, -0.2) is 0 Å². The van der Waals surface area contributed by atoms with Crippen molar-refractivity contribution in [2.45, 2.75) is 38.3 Å². The third kappa shape index (κ3) is 3.86. The van der Waals surface area contributed by atoms with E-state index in [-0.39, 0.29) is 17.4 Å². The normalized spacial score (nSPS) is 27.4. The molecule has 0 bridgehead atoms. The summed E-state index contributed by atoms with van der Waals surface area (Å²) in [5.74, 6) is -0.219. The van der Waals surface area contributed by atoms with Crippen LogP contribution in [-0.2, 0) is 4.74 Å². The summed E-state index contributed by atoms with van der Waals surface area (Å²) in [4.78, 5) is 0. The van der Waals surface area contributed by atoms with Crippen LogP contribution in [0.1, 0.15) is 31.9 Å². The fourth-order valence-corrected chi connectivity index (χ4v) is 2.06. The minimum absolute atomic E-state index is 0.0319. The lowest BCUT2D eigenvalue weighted by molar-refractivity contribution is -0.274. The molecule has 0 spiro atoms. The van der Waals surface area contributed by atoms with E-state index in [1.165, 1.54) is 12.1 Å². The van der Waals surface area contributed by atoms with Crippen molar-refractivity contribution < 1.29 is 22.6 Å². The van der Waals surface area contributed by atoms with E-state index in [1.54, 1.807) is 12.1 Å². The number of ether oxygens (including phenoxy) is 2. The largest absolute Gasteiger partial charge is 0.573 e. The van der Waals surface area contributed by atoms with Crippen molar-refractivity contribution in [2.75, 3.05) is 13.2 Å². The fourth-order valence-electron chi connectivity index (χ4n) is 2.06. The first-order valence-corrected chi connectivity index (χ1v) is 6.54. The quantitative estimate of drug-likeness (QED) is 0.925. The minimum Gasteiger partial charge on any atom is -0.406 e. The highest BCUT2D eigenvalue weighted by Crippen LogP contribution is 2.28. The van der Waals surface area contributed by atoms with Gasteiger partial charge in [0, 0.05) is 12.1 Å². The standard InChI is InChI=1S/C14H18F3NO2/c1-3-13(2)9-19-12(8-18-13)10-4-6-11(7-5-10)20-14(15,16)17/h4-7,12,18H,3,8-9H2,1-2H3. The SMILES string of the molecule is CCC1(C)COC(c2ccc(OC(F)(F)F)cc2)CN1. The van der Waals surface area contributed by atoms with E-state index >= 15 is 0 Å². The van der Waals surface area contributed by atoms with E-state index in [2.05, 4.69) is 23.9 Å². The molecule has 20 heavy (non-hydrogen) atoms. The smallest absolute Gasteiger partial charge is 0.406 e. The fraction of sp³-hybridized carbons (Fsp3) is 0.571. The number of nitrogens with one attached hydrogen (secondary N) is 1. The van der Waals surface area contributed by atoms with Crippen LogP contribution in [0.4, 0.5) is 13.2 Å². The van der Waals surface area contributed by atoms with Crippen molar-refractivity contribution >= 4 is 0 Å². The summed E-state index contributed by atoms with van der Waals surface area (Å²) in [5, 5.41) is 3.41. The van der Waals surface area contributed by atoms with E-state index in [1.807, 2.05) is 0 Å². The summed E-state index contributed by atoms with van der Waals surface area (Å²) in [6.45, 7) is 5.39. The van der Waals surface area contributed by atoms with Gasteiger partial charge < -0.3 is 14.8 Å². The topological polar surface area (TPSA) is 30.5 Å². The molecule has 1 aromatic rings. The highest BCUT2D eigenvalue weighted by molar-refractivity contribution is 5.29. The second-order valence-corrected chi connectivity index (χ2v) is 5.21. The van der Waals surface area contributed by atoms with Gasteiger partial charge in [0.1, 0.15) is 5.75 Å². The van der Waals surface area contributed by atoms with Crippen LogP contribution >= 0.6 is 0 Å². The lowest BCUT2D eigenvalue weighted by atomic mass is 9.96. The average Bonchev–Trinajstić information content (AvgIpc) is 2.39. The van der Waals surface area contributed by atoms with Crippen LogP contribution in [0.15, 0.2) is 24.3 Å². The number of hydrogen-bond donors (Lipinski definition) is 1. The molecule has 2 unspecified atom stereocenters. The van der Waals surface area contributed by atoms with E-state index < -0.39 is 6.36 Å². The first-order chi connectivity index (χ1) is 9.31. The summed E-state index contributed by atoms with van der Waals surface area (Å²) in [6.07, 6.45) is -3.85. The van der Waals surface area contributed by atoms with Crippen LogP contribution in [-0.4, -0.2) is 25.1 Å². The van der Waals surface area contributed by atoms with Gasteiger partial charge in [-0.05, 0) is 31.0 Å². The first kappa shape index (κ1) is 15.1. The molecule has 3 nitrogen and oxygen atoms in total. The van der Waals surface area contributed by atoms with Crippen LogP contribution in [0.25, 0.3) is 0 Å². The van der Waals surface area contributed by atoms with Crippen molar-refractivity contribution in [1.82, 2.24) is 5.32 Å². The Balaban J connectivity index is 1.98.